The Bertz CT molecular complexity index is 494. The molecule has 0 aliphatic rings. The first kappa shape index (κ1) is 11.7. The number of benzene rings is 1. The molecule has 1 aromatic carbocycles. The highest BCUT2D eigenvalue weighted by atomic mass is 16.5. The van der Waals surface area contributed by atoms with Crippen LogP contribution >= 0.6 is 0 Å². The van der Waals surface area contributed by atoms with Crippen molar-refractivity contribution in [3.05, 3.63) is 48.0 Å². The second kappa shape index (κ2) is 5.01. The highest BCUT2D eigenvalue weighted by Gasteiger charge is 2.17. The fraction of sp³-hybridized carbons (Fsp3) is 0.308. The van der Waals surface area contributed by atoms with Gasteiger partial charge in [0.25, 0.3) is 0 Å². The predicted octanol–water partition coefficient (Wildman–Crippen LogP) is 1.90. The van der Waals surface area contributed by atoms with Crippen molar-refractivity contribution in [2.24, 2.45) is 7.05 Å². The van der Waals surface area contributed by atoms with Crippen LogP contribution in [-0.2, 0) is 7.05 Å². The first-order valence-electron chi connectivity index (χ1n) is 5.60. The van der Waals surface area contributed by atoms with Crippen LogP contribution in [0.3, 0.4) is 0 Å². The van der Waals surface area contributed by atoms with Crippen molar-refractivity contribution in [3.8, 4) is 5.75 Å². The van der Waals surface area contributed by atoms with Crippen molar-refractivity contribution in [2.45, 2.75) is 13.0 Å². The maximum atomic E-state index is 10.3. The average Bonchev–Trinajstić information content (AvgIpc) is 2.76. The number of aliphatic hydroxyl groups is 1. The van der Waals surface area contributed by atoms with E-state index in [0.717, 1.165) is 11.3 Å². The second-order valence-corrected chi connectivity index (χ2v) is 3.80. The van der Waals surface area contributed by atoms with Crippen LogP contribution < -0.4 is 4.74 Å². The monoisotopic (exact) mass is 232 g/mol. The third-order valence-electron chi connectivity index (χ3n) is 2.65. The largest absolute Gasteiger partial charge is 0.493 e. The average molecular weight is 232 g/mol. The lowest BCUT2D eigenvalue weighted by Gasteiger charge is -2.15. The molecule has 90 valence electrons. The molecule has 2 rings (SSSR count). The minimum atomic E-state index is -0.717. The standard InChI is InChI=1S/C13H16N2O2/c1-3-17-12-7-5-4-6-10(12)13(16)11-8-14-9-15(11)2/h4-9,13,16H,3H2,1-2H3. The Morgan fingerprint density at radius 1 is 1.41 bits per heavy atom. The maximum absolute atomic E-state index is 10.3. The molecule has 4 heteroatoms. The van der Waals surface area contributed by atoms with Crippen LogP contribution in [0.25, 0.3) is 0 Å². The van der Waals surface area contributed by atoms with Crippen molar-refractivity contribution in [3.63, 3.8) is 0 Å². The van der Waals surface area contributed by atoms with Crippen molar-refractivity contribution in [2.75, 3.05) is 6.61 Å². The molecule has 1 atom stereocenters. The third-order valence-corrected chi connectivity index (χ3v) is 2.65. The lowest BCUT2D eigenvalue weighted by Crippen LogP contribution is -2.07. The van der Waals surface area contributed by atoms with Gasteiger partial charge < -0.3 is 14.4 Å². The summed E-state index contributed by atoms with van der Waals surface area (Å²) < 4.78 is 7.31. The Hall–Kier alpha value is -1.81. The topological polar surface area (TPSA) is 47.3 Å². The van der Waals surface area contributed by atoms with Gasteiger partial charge in [-0.05, 0) is 13.0 Å². The summed E-state index contributed by atoms with van der Waals surface area (Å²) in [6.45, 7) is 2.50. The second-order valence-electron chi connectivity index (χ2n) is 3.80. The number of aliphatic hydroxyl groups excluding tert-OH is 1. The fourth-order valence-electron chi connectivity index (χ4n) is 1.78. The summed E-state index contributed by atoms with van der Waals surface area (Å²) in [5.74, 6) is 0.712. The molecule has 0 fully saturated rings. The lowest BCUT2D eigenvalue weighted by atomic mass is 10.1. The number of hydrogen-bond acceptors (Lipinski definition) is 3. The Labute approximate surface area is 100 Å². The zero-order chi connectivity index (χ0) is 12.3. The van der Waals surface area contributed by atoms with Crippen molar-refractivity contribution in [1.29, 1.82) is 0 Å². The molecule has 0 saturated heterocycles. The number of aryl methyl sites for hydroxylation is 1. The van der Waals surface area contributed by atoms with Crippen LogP contribution in [0, 0.1) is 0 Å². The Morgan fingerprint density at radius 2 is 2.18 bits per heavy atom. The van der Waals surface area contributed by atoms with E-state index in [0.29, 0.717) is 12.4 Å². The number of aromatic nitrogens is 2. The summed E-state index contributed by atoms with van der Waals surface area (Å²) in [5.41, 5.74) is 1.51. The number of para-hydroxylation sites is 1. The van der Waals surface area contributed by atoms with E-state index in [2.05, 4.69) is 4.98 Å². The van der Waals surface area contributed by atoms with E-state index >= 15 is 0 Å². The van der Waals surface area contributed by atoms with Gasteiger partial charge in [0.2, 0.25) is 0 Å². The molecule has 4 nitrogen and oxygen atoms in total. The van der Waals surface area contributed by atoms with Crippen LogP contribution in [-0.4, -0.2) is 21.3 Å². The summed E-state index contributed by atoms with van der Waals surface area (Å²) in [4.78, 5) is 4.01. The SMILES string of the molecule is CCOc1ccccc1C(O)c1cncn1C. The first-order chi connectivity index (χ1) is 8.24. The molecule has 0 radical (unpaired) electrons. The van der Waals surface area contributed by atoms with Gasteiger partial charge in [0.15, 0.2) is 0 Å². The molecule has 1 N–H and O–H groups in total. The zero-order valence-corrected chi connectivity index (χ0v) is 10.00. The fourth-order valence-corrected chi connectivity index (χ4v) is 1.78. The van der Waals surface area contributed by atoms with Gasteiger partial charge in [-0.2, -0.15) is 0 Å². The summed E-state index contributed by atoms with van der Waals surface area (Å²) in [6.07, 6.45) is 2.61. The molecule has 0 saturated carbocycles. The number of hydrogen-bond donors (Lipinski definition) is 1. The van der Waals surface area contributed by atoms with Crippen molar-refractivity contribution in [1.82, 2.24) is 9.55 Å². The van der Waals surface area contributed by atoms with Gasteiger partial charge >= 0.3 is 0 Å². The number of rotatable bonds is 4. The van der Waals surface area contributed by atoms with Crippen LogP contribution in [0.15, 0.2) is 36.8 Å². The Kier molecular flexibility index (Phi) is 3.44. The van der Waals surface area contributed by atoms with E-state index in [1.165, 1.54) is 0 Å². The molecule has 2 aromatic rings. The molecule has 0 bridgehead atoms. The third kappa shape index (κ3) is 2.31. The van der Waals surface area contributed by atoms with Crippen LogP contribution in [0.4, 0.5) is 0 Å². The van der Waals surface area contributed by atoms with Crippen molar-refractivity contribution < 1.29 is 9.84 Å². The van der Waals surface area contributed by atoms with E-state index in [1.54, 1.807) is 17.1 Å². The highest BCUT2D eigenvalue weighted by molar-refractivity contribution is 5.38. The number of nitrogens with zero attached hydrogens (tertiary/aromatic N) is 2. The molecule has 0 spiro atoms. The van der Waals surface area contributed by atoms with E-state index in [4.69, 9.17) is 4.74 Å². The summed E-state index contributed by atoms with van der Waals surface area (Å²) in [5, 5.41) is 10.3. The van der Waals surface area contributed by atoms with Gasteiger partial charge in [0.05, 0.1) is 24.8 Å². The number of imidazole rings is 1. The summed E-state index contributed by atoms with van der Waals surface area (Å²) in [6, 6.07) is 7.50. The molecule has 0 aliphatic carbocycles. The Morgan fingerprint density at radius 3 is 2.82 bits per heavy atom. The summed E-state index contributed by atoms with van der Waals surface area (Å²) >= 11 is 0. The molecular weight excluding hydrogens is 216 g/mol. The van der Waals surface area contributed by atoms with Gasteiger partial charge in [-0.15, -0.1) is 0 Å². The van der Waals surface area contributed by atoms with Gasteiger partial charge in [-0.1, -0.05) is 18.2 Å². The maximum Gasteiger partial charge on any atom is 0.125 e. The summed E-state index contributed by atoms with van der Waals surface area (Å²) in [7, 11) is 1.86. The molecular formula is C13H16N2O2. The Balaban J connectivity index is 2.37. The van der Waals surface area contributed by atoms with Crippen molar-refractivity contribution >= 4 is 0 Å². The van der Waals surface area contributed by atoms with E-state index < -0.39 is 6.10 Å². The molecule has 1 unspecified atom stereocenters. The predicted molar refractivity (Wildman–Crippen MR) is 64.9 cm³/mol. The molecule has 17 heavy (non-hydrogen) atoms. The smallest absolute Gasteiger partial charge is 0.125 e. The van der Waals surface area contributed by atoms with Gasteiger partial charge in [-0.3, -0.25) is 0 Å². The first-order valence-corrected chi connectivity index (χ1v) is 5.60. The lowest BCUT2D eigenvalue weighted by molar-refractivity contribution is 0.204. The highest BCUT2D eigenvalue weighted by Crippen LogP contribution is 2.29. The van der Waals surface area contributed by atoms with Crippen LogP contribution in [0.2, 0.25) is 0 Å². The zero-order valence-electron chi connectivity index (χ0n) is 10.00. The molecule has 0 aliphatic heterocycles. The van der Waals surface area contributed by atoms with Crippen LogP contribution in [0.5, 0.6) is 5.75 Å². The molecule has 1 heterocycles. The molecule has 0 amide bonds. The van der Waals surface area contributed by atoms with E-state index in [1.807, 2.05) is 38.2 Å². The minimum Gasteiger partial charge on any atom is -0.493 e. The number of ether oxygens (including phenoxy) is 1. The van der Waals surface area contributed by atoms with Gasteiger partial charge in [0.1, 0.15) is 11.9 Å². The van der Waals surface area contributed by atoms with E-state index in [-0.39, 0.29) is 0 Å². The van der Waals surface area contributed by atoms with Crippen LogP contribution in [0.1, 0.15) is 24.3 Å². The normalized spacial score (nSPS) is 12.4. The van der Waals surface area contributed by atoms with E-state index in [9.17, 15) is 5.11 Å². The van der Waals surface area contributed by atoms with Gasteiger partial charge in [0, 0.05) is 12.6 Å². The quantitative estimate of drug-likeness (QED) is 0.875. The van der Waals surface area contributed by atoms with Gasteiger partial charge in [-0.25, -0.2) is 4.98 Å². The minimum absolute atomic E-state index is 0.578. The molecule has 1 aromatic heterocycles.